The first-order valence-corrected chi connectivity index (χ1v) is 7.17. The Labute approximate surface area is 120 Å². The Balaban J connectivity index is 2.03. The van der Waals surface area contributed by atoms with Crippen LogP contribution in [0.15, 0.2) is 18.3 Å². The van der Waals surface area contributed by atoms with E-state index in [0.29, 0.717) is 18.0 Å². The summed E-state index contributed by atoms with van der Waals surface area (Å²) in [6.45, 7) is 6.45. The second kappa shape index (κ2) is 6.70. The second-order valence-electron chi connectivity index (χ2n) is 5.25. The van der Waals surface area contributed by atoms with Gasteiger partial charge in [-0.25, -0.2) is 4.98 Å². The van der Waals surface area contributed by atoms with Gasteiger partial charge in [-0.15, -0.1) is 0 Å². The van der Waals surface area contributed by atoms with E-state index in [1.807, 2.05) is 24.0 Å². The molecule has 1 aliphatic heterocycles. The maximum atomic E-state index is 12.4. The predicted octanol–water partition coefficient (Wildman–Crippen LogP) is 2.01. The van der Waals surface area contributed by atoms with Gasteiger partial charge in [-0.3, -0.25) is 4.79 Å². The zero-order valence-corrected chi connectivity index (χ0v) is 12.4. The SMILES string of the molecule is CCNc1ccc(C(=O)N2CCC(C)C(OC)C2)cn1. The molecule has 0 aliphatic carbocycles. The fraction of sp³-hybridized carbons (Fsp3) is 0.600. The number of nitrogens with one attached hydrogen (secondary N) is 1. The molecule has 2 heterocycles. The number of anilines is 1. The van der Waals surface area contributed by atoms with Gasteiger partial charge in [0.25, 0.3) is 5.91 Å². The van der Waals surface area contributed by atoms with E-state index in [-0.39, 0.29) is 12.0 Å². The van der Waals surface area contributed by atoms with Crippen molar-refractivity contribution in [3.63, 3.8) is 0 Å². The van der Waals surface area contributed by atoms with Crippen LogP contribution in [0.25, 0.3) is 0 Å². The summed E-state index contributed by atoms with van der Waals surface area (Å²) in [5.74, 6) is 1.33. The number of carbonyl (C=O) groups excluding carboxylic acids is 1. The van der Waals surface area contributed by atoms with Crippen molar-refractivity contribution in [1.29, 1.82) is 0 Å². The molecule has 1 aliphatic rings. The molecule has 1 saturated heterocycles. The van der Waals surface area contributed by atoms with Crippen LogP contribution in [-0.4, -0.2) is 48.6 Å². The standard InChI is InChI=1S/C15H23N3O2/c1-4-16-14-6-5-12(9-17-14)15(19)18-8-7-11(2)13(10-18)20-3/h5-6,9,11,13H,4,7-8,10H2,1-3H3,(H,16,17). The number of likely N-dealkylation sites (tertiary alicyclic amines) is 1. The Bertz CT molecular complexity index is 447. The van der Waals surface area contributed by atoms with Crippen molar-refractivity contribution in [2.24, 2.45) is 5.92 Å². The van der Waals surface area contributed by atoms with Crippen molar-refractivity contribution in [2.75, 3.05) is 32.1 Å². The van der Waals surface area contributed by atoms with Crippen molar-refractivity contribution in [3.8, 4) is 0 Å². The van der Waals surface area contributed by atoms with Crippen LogP contribution in [0.5, 0.6) is 0 Å². The maximum absolute atomic E-state index is 12.4. The Kier molecular flexibility index (Phi) is 4.95. The van der Waals surface area contributed by atoms with Gasteiger partial charge in [0.05, 0.1) is 11.7 Å². The summed E-state index contributed by atoms with van der Waals surface area (Å²) in [4.78, 5) is 18.6. The van der Waals surface area contributed by atoms with E-state index in [2.05, 4.69) is 17.2 Å². The first-order valence-electron chi connectivity index (χ1n) is 7.17. The lowest BCUT2D eigenvalue weighted by Crippen LogP contribution is -2.46. The highest BCUT2D eigenvalue weighted by Gasteiger charge is 2.29. The average Bonchev–Trinajstić information content (AvgIpc) is 2.48. The highest BCUT2D eigenvalue weighted by atomic mass is 16.5. The summed E-state index contributed by atoms with van der Waals surface area (Å²) in [7, 11) is 1.71. The number of ether oxygens (including phenoxy) is 1. The van der Waals surface area contributed by atoms with Crippen molar-refractivity contribution >= 4 is 11.7 Å². The van der Waals surface area contributed by atoms with Gasteiger partial charge in [-0.05, 0) is 31.4 Å². The third-order valence-electron chi connectivity index (χ3n) is 3.85. The van der Waals surface area contributed by atoms with E-state index in [0.717, 1.165) is 25.3 Å². The number of nitrogens with zero attached hydrogens (tertiary/aromatic N) is 2. The molecule has 0 spiro atoms. The number of hydrogen-bond acceptors (Lipinski definition) is 4. The number of carbonyl (C=O) groups is 1. The smallest absolute Gasteiger partial charge is 0.255 e. The van der Waals surface area contributed by atoms with Crippen LogP contribution in [0.3, 0.4) is 0 Å². The van der Waals surface area contributed by atoms with Crippen molar-refractivity contribution < 1.29 is 9.53 Å². The van der Waals surface area contributed by atoms with Crippen LogP contribution in [-0.2, 0) is 4.74 Å². The van der Waals surface area contributed by atoms with Gasteiger partial charge >= 0.3 is 0 Å². The molecule has 1 N–H and O–H groups in total. The summed E-state index contributed by atoms with van der Waals surface area (Å²) in [5, 5.41) is 3.12. The summed E-state index contributed by atoms with van der Waals surface area (Å²) < 4.78 is 5.45. The van der Waals surface area contributed by atoms with E-state index in [9.17, 15) is 4.79 Å². The third-order valence-corrected chi connectivity index (χ3v) is 3.85. The summed E-state index contributed by atoms with van der Waals surface area (Å²) in [6.07, 6.45) is 2.74. The molecule has 0 radical (unpaired) electrons. The Hall–Kier alpha value is -1.62. The number of hydrogen-bond donors (Lipinski definition) is 1. The van der Waals surface area contributed by atoms with Gasteiger partial charge in [-0.2, -0.15) is 0 Å². The average molecular weight is 277 g/mol. The molecule has 20 heavy (non-hydrogen) atoms. The van der Waals surface area contributed by atoms with Crippen molar-refractivity contribution in [3.05, 3.63) is 23.9 Å². The lowest BCUT2D eigenvalue weighted by atomic mass is 9.95. The predicted molar refractivity (Wildman–Crippen MR) is 78.9 cm³/mol. The van der Waals surface area contributed by atoms with Gasteiger partial charge in [0.1, 0.15) is 5.82 Å². The van der Waals surface area contributed by atoms with Crippen molar-refractivity contribution in [2.45, 2.75) is 26.4 Å². The minimum Gasteiger partial charge on any atom is -0.379 e. The molecular weight excluding hydrogens is 254 g/mol. The summed E-state index contributed by atoms with van der Waals surface area (Å²) in [6, 6.07) is 3.67. The molecule has 0 aromatic carbocycles. The molecule has 5 heteroatoms. The summed E-state index contributed by atoms with van der Waals surface area (Å²) in [5.41, 5.74) is 0.635. The Morgan fingerprint density at radius 1 is 1.55 bits per heavy atom. The van der Waals surface area contributed by atoms with Gasteiger partial charge in [-0.1, -0.05) is 6.92 Å². The van der Waals surface area contributed by atoms with Gasteiger partial charge in [0.15, 0.2) is 0 Å². The van der Waals surface area contributed by atoms with Crippen LogP contribution in [0.4, 0.5) is 5.82 Å². The molecule has 0 saturated carbocycles. The third kappa shape index (κ3) is 3.28. The molecule has 1 aromatic heterocycles. The summed E-state index contributed by atoms with van der Waals surface area (Å²) >= 11 is 0. The zero-order chi connectivity index (χ0) is 14.5. The monoisotopic (exact) mass is 277 g/mol. The maximum Gasteiger partial charge on any atom is 0.255 e. The minimum absolute atomic E-state index is 0.0366. The van der Waals surface area contributed by atoms with E-state index in [4.69, 9.17) is 4.74 Å². The molecule has 2 atom stereocenters. The second-order valence-corrected chi connectivity index (χ2v) is 5.25. The van der Waals surface area contributed by atoms with Crippen LogP contribution < -0.4 is 5.32 Å². The van der Waals surface area contributed by atoms with Crippen LogP contribution in [0.1, 0.15) is 30.6 Å². The molecule has 2 rings (SSSR count). The van der Waals surface area contributed by atoms with E-state index < -0.39 is 0 Å². The molecule has 2 unspecified atom stereocenters. The molecule has 1 amide bonds. The molecule has 5 nitrogen and oxygen atoms in total. The number of methoxy groups -OCH3 is 1. The largest absolute Gasteiger partial charge is 0.379 e. The lowest BCUT2D eigenvalue weighted by Gasteiger charge is -2.36. The molecular formula is C15H23N3O2. The first-order chi connectivity index (χ1) is 9.65. The fourth-order valence-corrected chi connectivity index (χ4v) is 2.51. The Morgan fingerprint density at radius 2 is 2.35 bits per heavy atom. The Morgan fingerprint density at radius 3 is 2.95 bits per heavy atom. The minimum atomic E-state index is 0.0366. The lowest BCUT2D eigenvalue weighted by molar-refractivity contribution is -0.00157. The van der Waals surface area contributed by atoms with Crippen molar-refractivity contribution in [1.82, 2.24) is 9.88 Å². The van der Waals surface area contributed by atoms with Gasteiger partial charge in [0, 0.05) is 32.9 Å². The van der Waals surface area contributed by atoms with Crippen LogP contribution in [0, 0.1) is 5.92 Å². The number of piperidine rings is 1. The topological polar surface area (TPSA) is 54.5 Å². The highest BCUT2D eigenvalue weighted by molar-refractivity contribution is 5.94. The fourth-order valence-electron chi connectivity index (χ4n) is 2.51. The van der Waals surface area contributed by atoms with E-state index in [1.165, 1.54) is 0 Å². The highest BCUT2D eigenvalue weighted by Crippen LogP contribution is 2.21. The number of aromatic nitrogens is 1. The molecule has 1 fully saturated rings. The van der Waals surface area contributed by atoms with Crippen LogP contribution >= 0.6 is 0 Å². The van der Waals surface area contributed by atoms with Gasteiger partial charge < -0.3 is 15.0 Å². The zero-order valence-electron chi connectivity index (χ0n) is 12.4. The number of rotatable bonds is 4. The first kappa shape index (κ1) is 14.8. The molecule has 110 valence electrons. The van der Waals surface area contributed by atoms with Gasteiger partial charge in [0.2, 0.25) is 0 Å². The molecule has 0 bridgehead atoms. The van der Waals surface area contributed by atoms with Crippen LogP contribution in [0.2, 0.25) is 0 Å². The van der Waals surface area contributed by atoms with E-state index >= 15 is 0 Å². The quantitative estimate of drug-likeness (QED) is 0.914. The molecule has 1 aromatic rings. The number of amides is 1. The normalized spacial score (nSPS) is 22.6. The number of pyridine rings is 1. The van der Waals surface area contributed by atoms with E-state index in [1.54, 1.807) is 13.3 Å².